The molecular formula is C36H30O6U-6. The molecule has 0 spiro atoms. The molecule has 220 valence electrons. The molecule has 0 aromatic heterocycles. The molecule has 0 saturated carbocycles. The molecule has 0 fully saturated rings. The standard InChI is InChI=1S/6C6H6O.U/c6*7-6-4-2-1-3-5-6;/h6*1-5,7H;/p-6. The van der Waals surface area contributed by atoms with Crippen molar-refractivity contribution in [1.29, 1.82) is 0 Å². The molecule has 0 aliphatic rings. The summed E-state index contributed by atoms with van der Waals surface area (Å²) in [5.74, 6) is 0.431. The van der Waals surface area contributed by atoms with Gasteiger partial charge in [-0.25, -0.2) is 0 Å². The van der Waals surface area contributed by atoms with Crippen molar-refractivity contribution in [3.8, 4) is 34.5 Å². The summed E-state index contributed by atoms with van der Waals surface area (Å²) in [5, 5.41) is 61.6. The van der Waals surface area contributed by atoms with Crippen LogP contribution in [0.15, 0.2) is 182 Å². The Hall–Kier alpha value is -4.83. The van der Waals surface area contributed by atoms with E-state index < -0.39 is 0 Å². The van der Waals surface area contributed by atoms with Gasteiger partial charge in [0.2, 0.25) is 0 Å². The van der Waals surface area contributed by atoms with Gasteiger partial charge in [0.1, 0.15) is 0 Å². The molecule has 7 heteroatoms. The van der Waals surface area contributed by atoms with Crippen LogP contribution in [0.2, 0.25) is 0 Å². The van der Waals surface area contributed by atoms with Crippen molar-refractivity contribution in [2.45, 2.75) is 0 Å². The van der Waals surface area contributed by atoms with Gasteiger partial charge in [0, 0.05) is 31.1 Å². The van der Waals surface area contributed by atoms with Crippen LogP contribution in [0.25, 0.3) is 0 Å². The monoisotopic (exact) mass is 796 g/mol. The predicted molar refractivity (Wildman–Crippen MR) is 155 cm³/mol. The smallest absolute Gasteiger partial charge is 0 e. The van der Waals surface area contributed by atoms with Crippen LogP contribution in [0.5, 0.6) is 34.5 Å². The summed E-state index contributed by atoms with van der Waals surface area (Å²) in [7, 11) is 0. The maximum atomic E-state index is 10.3. The maximum absolute atomic E-state index is 10.3. The molecule has 0 radical (unpaired) electrons. The first kappa shape index (κ1) is 38.2. The number of hydrogen-bond donors (Lipinski definition) is 0. The maximum Gasteiger partial charge on any atom is 0 e. The molecule has 0 atom stereocenters. The molecule has 6 rings (SSSR count). The van der Waals surface area contributed by atoms with Crippen LogP contribution < -0.4 is 30.6 Å². The van der Waals surface area contributed by atoms with Gasteiger partial charge in [0.15, 0.2) is 0 Å². The zero-order valence-electron chi connectivity index (χ0n) is 23.3. The van der Waals surface area contributed by atoms with E-state index in [1.165, 1.54) is 72.8 Å². The minimum atomic E-state index is 0. The van der Waals surface area contributed by atoms with Crippen molar-refractivity contribution in [1.82, 2.24) is 0 Å². The fraction of sp³-hybridized carbons (Fsp3) is 0. The molecule has 0 amide bonds. The second-order valence-electron chi connectivity index (χ2n) is 7.88. The van der Waals surface area contributed by atoms with Crippen molar-refractivity contribution < 1.29 is 61.8 Å². The Morgan fingerprint density at radius 3 is 0.326 bits per heavy atom. The van der Waals surface area contributed by atoms with Crippen molar-refractivity contribution >= 4 is 0 Å². The van der Waals surface area contributed by atoms with Gasteiger partial charge < -0.3 is 30.6 Å². The van der Waals surface area contributed by atoms with Crippen molar-refractivity contribution in [2.24, 2.45) is 0 Å². The van der Waals surface area contributed by atoms with E-state index in [2.05, 4.69) is 0 Å². The minimum Gasteiger partial charge on any atom is -0.872 e. The molecule has 0 heterocycles. The largest absolute Gasteiger partial charge is 0.872 e. The Labute approximate surface area is 276 Å². The SMILES string of the molecule is [O-]c1ccccc1.[O-]c1ccccc1.[O-]c1ccccc1.[O-]c1ccccc1.[O-]c1ccccc1.[O-]c1ccccc1.[U]. The quantitative estimate of drug-likeness (QED) is 0.221. The predicted octanol–water partition coefficient (Wildman–Crippen LogP) is 4.56. The zero-order valence-corrected chi connectivity index (χ0v) is 27.4. The fourth-order valence-electron chi connectivity index (χ4n) is 2.52. The van der Waals surface area contributed by atoms with Crippen molar-refractivity contribution in [3.05, 3.63) is 182 Å². The summed E-state index contributed by atoms with van der Waals surface area (Å²) < 4.78 is 0. The van der Waals surface area contributed by atoms with Gasteiger partial charge in [-0.3, -0.25) is 0 Å². The average molecular weight is 797 g/mol. The topological polar surface area (TPSA) is 138 Å². The second kappa shape index (κ2) is 26.1. The number of benzene rings is 6. The molecule has 0 aliphatic heterocycles. The molecule has 0 unspecified atom stereocenters. The van der Waals surface area contributed by atoms with E-state index in [-0.39, 0.29) is 65.6 Å². The van der Waals surface area contributed by atoms with Gasteiger partial charge in [-0.2, -0.15) is 0 Å². The van der Waals surface area contributed by atoms with Gasteiger partial charge in [-0.1, -0.05) is 182 Å². The summed E-state index contributed by atoms with van der Waals surface area (Å²) in [6.45, 7) is 0. The first-order chi connectivity index (χ1) is 20.4. The molecule has 6 aromatic carbocycles. The summed E-state index contributed by atoms with van der Waals surface area (Å²) >= 11 is 0. The van der Waals surface area contributed by atoms with Crippen LogP contribution in [0.3, 0.4) is 0 Å². The Morgan fingerprint density at radius 1 is 0.186 bits per heavy atom. The van der Waals surface area contributed by atoms with Gasteiger partial charge in [-0.05, 0) is 0 Å². The molecular weight excluding hydrogens is 766 g/mol. The Kier molecular flexibility index (Phi) is 23.2. The van der Waals surface area contributed by atoms with Crippen LogP contribution in [0.4, 0.5) is 0 Å². The number of hydrogen-bond acceptors (Lipinski definition) is 6. The molecule has 0 aliphatic carbocycles. The van der Waals surface area contributed by atoms with Crippen LogP contribution >= 0.6 is 0 Å². The van der Waals surface area contributed by atoms with Crippen LogP contribution in [-0.4, -0.2) is 0 Å². The van der Waals surface area contributed by atoms with E-state index in [0.29, 0.717) is 0 Å². The van der Waals surface area contributed by atoms with Gasteiger partial charge in [0.05, 0.1) is 0 Å². The van der Waals surface area contributed by atoms with Crippen molar-refractivity contribution in [2.75, 3.05) is 0 Å². The minimum absolute atomic E-state index is 0. The number of rotatable bonds is 0. The molecule has 0 N–H and O–H groups in total. The second-order valence-corrected chi connectivity index (χ2v) is 7.88. The van der Waals surface area contributed by atoms with Crippen LogP contribution in [-0.2, 0) is 0 Å². The van der Waals surface area contributed by atoms with E-state index in [9.17, 15) is 30.6 Å². The normalized spacial score (nSPS) is 8.37. The first-order valence-electron chi connectivity index (χ1n) is 12.7. The summed E-state index contributed by atoms with van der Waals surface area (Å²) in [4.78, 5) is 0. The fourth-order valence-corrected chi connectivity index (χ4v) is 2.52. The first-order valence-corrected chi connectivity index (χ1v) is 12.7. The number of para-hydroxylation sites is 6. The third-order valence-electron chi connectivity index (χ3n) is 4.46. The summed E-state index contributed by atoms with van der Waals surface area (Å²) in [6, 6.07) is 50.0. The molecule has 0 saturated heterocycles. The van der Waals surface area contributed by atoms with Gasteiger partial charge in [0.25, 0.3) is 0 Å². The zero-order chi connectivity index (χ0) is 30.7. The van der Waals surface area contributed by atoms with Crippen LogP contribution in [0, 0.1) is 31.1 Å². The Bertz CT molecular complexity index is 1100. The third-order valence-corrected chi connectivity index (χ3v) is 4.46. The van der Waals surface area contributed by atoms with Gasteiger partial charge >= 0.3 is 0 Å². The molecule has 6 nitrogen and oxygen atoms in total. The van der Waals surface area contributed by atoms with Crippen LogP contribution in [0.1, 0.15) is 0 Å². The summed E-state index contributed by atoms with van der Waals surface area (Å²) in [6.07, 6.45) is 0. The van der Waals surface area contributed by atoms with E-state index in [1.807, 2.05) is 36.4 Å². The van der Waals surface area contributed by atoms with E-state index in [0.717, 1.165) is 0 Å². The van der Waals surface area contributed by atoms with Gasteiger partial charge in [-0.15, -0.1) is 34.5 Å². The van der Waals surface area contributed by atoms with Crippen molar-refractivity contribution in [3.63, 3.8) is 0 Å². The molecule has 6 aromatic rings. The van der Waals surface area contributed by atoms with E-state index in [1.54, 1.807) is 72.8 Å². The Balaban J connectivity index is 0.000000490. The molecule has 0 bridgehead atoms. The molecule has 43 heavy (non-hydrogen) atoms. The summed E-state index contributed by atoms with van der Waals surface area (Å²) in [5.41, 5.74) is 0. The third kappa shape index (κ3) is 24.7. The van der Waals surface area contributed by atoms with E-state index >= 15 is 0 Å². The Morgan fingerprint density at radius 2 is 0.279 bits per heavy atom. The van der Waals surface area contributed by atoms with E-state index in [4.69, 9.17) is 0 Å². The average Bonchev–Trinajstić information content (AvgIpc) is 3.01.